The van der Waals surface area contributed by atoms with Crippen LogP contribution in [-0.4, -0.2) is 193 Å². The van der Waals surface area contributed by atoms with E-state index >= 15 is 0 Å². The van der Waals surface area contributed by atoms with E-state index in [4.69, 9.17) is 20.7 Å². The Morgan fingerprint density at radius 2 is 1.04 bits per heavy atom. The van der Waals surface area contributed by atoms with Gasteiger partial charge in [0.1, 0.15) is 48.3 Å². The first-order valence-corrected chi connectivity index (χ1v) is 23.5. The number of carbonyl (C=O) groups is 13. The topological polar surface area (TPSA) is 411 Å². The molecule has 0 saturated carbocycles. The number of hydrogen-bond acceptors (Lipinski definition) is 14. The van der Waals surface area contributed by atoms with Gasteiger partial charge >= 0.3 is 17.9 Å². The molecule has 3 aliphatic heterocycles. The Morgan fingerprint density at radius 1 is 0.549 bits per heavy atom. The lowest BCUT2D eigenvalue weighted by molar-refractivity contribution is -0.148. The zero-order chi connectivity index (χ0) is 53.9. The van der Waals surface area contributed by atoms with Gasteiger partial charge in [0.15, 0.2) is 0 Å². The van der Waals surface area contributed by atoms with Gasteiger partial charge in [-0.1, -0.05) is 13.8 Å². The van der Waals surface area contributed by atoms with E-state index in [2.05, 4.69) is 31.9 Å². The van der Waals surface area contributed by atoms with Crippen LogP contribution in [-0.2, 0) is 62.3 Å². The first-order valence-electron chi connectivity index (χ1n) is 23.5. The Bertz CT molecular complexity index is 2000. The third kappa shape index (κ3) is 19.4. The highest BCUT2D eigenvalue weighted by molar-refractivity contribution is 5.98. The highest BCUT2D eigenvalue weighted by atomic mass is 16.4. The zero-order valence-corrected chi connectivity index (χ0v) is 40.9. The predicted molar refractivity (Wildman–Crippen MR) is 246 cm³/mol. The number of nitrogens with zero attached hydrogens (tertiary/aromatic N) is 3. The molecule has 0 spiro atoms. The highest BCUT2D eigenvalue weighted by Gasteiger charge is 2.45. The molecule has 0 aliphatic carbocycles. The Labute approximate surface area is 410 Å². The molecular formula is C44H70N10O17. The second-order valence-corrected chi connectivity index (χ2v) is 18.1. The second kappa shape index (κ2) is 28.7. The number of carbonyl (C=O) groups excluding carboxylic acids is 9. The number of aliphatic carboxylic acids is 4. The molecule has 0 radical (unpaired) electrons. The summed E-state index contributed by atoms with van der Waals surface area (Å²) in [7, 11) is 0. The van der Waals surface area contributed by atoms with Gasteiger partial charge in [-0.25, -0.2) is 0 Å². The summed E-state index contributed by atoms with van der Waals surface area (Å²) in [6, 6.07) is -10.4. The van der Waals surface area contributed by atoms with E-state index < -0.39 is 144 Å². The van der Waals surface area contributed by atoms with Gasteiger partial charge in [0.25, 0.3) is 5.97 Å². The third-order valence-corrected chi connectivity index (χ3v) is 11.8. The SMILES string of the molecule is CC(=O)O.CC(C)C[C@H](NC(=O)[C@@H](N)CCC(=O)O)C(=O)N[C@@H](C)C(=O)NCC(=O)N[C@@H](C)C(=O)N1CCC[C@H]1C(=O)N1CCC[C@H]1C(=O)N[C@@H](CCC(=O)O)C(=O)N1CCC[C@H]1C(=O)N[C@@H](C)C(=O)O. The Kier molecular flexibility index (Phi) is 24.3. The van der Waals surface area contributed by atoms with Crippen LogP contribution in [0.4, 0.5) is 0 Å². The maximum atomic E-state index is 14.1. The largest absolute Gasteiger partial charge is 0.481 e. The molecular weight excluding hydrogens is 941 g/mol. The summed E-state index contributed by atoms with van der Waals surface area (Å²) in [5.41, 5.74) is 5.78. The fourth-order valence-corrected chi connectivity index (χ4v) is 8.14. The minimum atomic E-state index is -1.39. The van der Waals surface area contributed by atoms with Crippen molar-refractivity contribution in [1.82, 2.24) is 46.6 Å². The van der Waals surface area contributed by atoms with Crippen LogP contribution in [0.2, 0.25) is 0 Å². The van der Waals surface area contributed by atoms with Crippen LogP contribution >= 0.6 is 0 Å². The quantitative estimate of drug-likeness (QED) is 0.0454. The number of hydrogen-bond donors (Lipinski definition) is 11. The van der Waals surface area contributed by atoms with Gasteiger partial charge in [-0.15, -0.1) is 0 Å². The molecule has 27 nitrogen and oxygen atoms in total. The van der Waals surface area contributed by atoms with Crippen molar-refractivity contribution >= 4 is 77.0 Å². The van der Waals surface area contributed by atoms with Crippen LogP contribution in [0.15, 0.2) is 0 Å². The fraction of sp³-hybridized carbons (Fsp3) is 0.705. The van der Waals surface area contributed by atoms with E-state index in [9.17, 15) is 67.7 Å². The van der Waals surface area contributed by atoms with Gasteiger partial charge in [0.05, 0.1) is 12.6 Å². The lowest BCUT2D eigenvalue weighted by Crippen LogP contribution is -2.58. The van der Waals surface area contributed by atoms with Crippen LogP contribution < -0.4 is 37.6 Å². The molecule has 9 atom stereocenters. The summed E-state index contributed by atoms with van der Waals surface area (Å²) < 4.78 is 0. The maximum absolute atomic E-state index is 14.1. The zero-order valence-electron chi connectivity index (χ0n) is 40.9. The van der Waals surface area contributed by atoms with Crippen LogP contribution in [0.25, 0.3) is 0 Å². The fourth-order valence-electron chi connectivity index (χ4n) is 8.14. The van der Waals surface area contributed by atoms with E-state index in [1.807, 2.05) is 0 Å². The average molecular weight is 1010 g/mol. The Morgan fingerprint density at radius 3 is 1.58 bits per heavy atom. The molecule has 0 aromatic rings. The predicted octanol–water partition coefficient (Wildman–Crippen LogP) is -3.16. The van der Waals surface area contributed by atoms with Crippen molar-refractivity contribution in [3.05, 3.63) is 0 Å². The van der Waals surface area contributed by atoms with Crippen molar-refractivity contribution in [2.75, 3.05) is 26.2 Å². The number of carboxylic acids is 4. The van der Waals surface area contributed by atoms with Crippen molar-refractivity contribution in [3.63, 3.8) is 0 Å². The van der Waals surface area contributed by atoms with Gasteiger partial charge < -0.3 is 72.8 Å². The molecule has 71 heavy (non-hydrogen) atoms. The lowest BCUT2D eigenvalue weighted by atomic mass is 10.0. The Balaban J connectivity index is 0.00000415. The second-order valence-electron chi connectivity index (χ2n) is 18.1. The molecule has 3 aliphatic rings. The molecule has 3 saturated heterocycles. The summed E-state index contributed by atoms with van der Waals surface area (Å²) in [6.07, 6.45) is 0.688. The molecule has 398 valence electrons. The standard InChI is InChI=1S/C42H66N10O15.C2H4O2/c1-21(2)19-27(49-35(59)25(43)12-14-32(54)55)36(60)46-22(3)34(58)44-20-31(53)45-23(4)39(63)52-18-8-11-30(52)41(65)51-17-7-10-29(51)38(62)48-26(13-15-33(56)57)40(64)50-16-6-9-28(50)37(61)47-24(5)42(66)67;1-2(3)4/h21-30H,6-20,43H2,1-5H3,(H,44,58)(H,45,53)(H,46,60)(H,47,61)(H,48,62)(H,49,59)(H,54,55)(H,56,57)(H,66,67);1H3,(H,3,4)/t22-,23-,24-,25-,26-,27-,28-,29-,30-;/m0./s1. The summed E-state index contributed by atoms with van der Waals surface area (Å²) in [6.45, 7) is 8.48. The molecule has 9 amide bonds. The van der Waals surface area contributed by atoms with Crippen LogP contribution in [0, 0.1) is 5.92 Å². The molecule has 3 fully saturated rings. The van der Waals surface area contributed by atoms with E-state index in [1.54, 1.807) is 13.8 Å². The molecule has 0 aromatic heterocycles. The van der Waals surface area contributed by atoms with Gasteiger partial charge in [-0.3, -0.25) is 62.3 Å². The van der Waals surface area contributed by atoms with Gasteiger partial charge in [0, 0.05) is 39.4 Å². The summed E-state index contributed by atoms with van der Waals surface area (Å²) in [5.74, 6) is -10.9. The molecule has 3 heterocycles. The van der Waals surface area contributed by atoms with Crippen molar-refractivity contribution in [2.45, 2.75) is 167 Å². The van der Waals surface area contributed by atoms with E-state index in [1.165, 1.54) is 35.5 Å². The van der Waals surface area contributed by atoms with Crippen molar-refractivity contribution in [3.8, 4) is 0 Å². The minimum Gasteiger partial charge on any atom is -0.481 e. The minimum absolute atomic E-state index is 0.0748. The van der Waals surface area contributed by atoms with Gasteiger partial charge in [0.2, 0.25) is 53.2 Å². The monoisotopic (exact) mass is 1010 g/mol. The highest BCUT2D eigenvalue weighted by Crippen LogP contribution is 2.26. The number of nitrogens with one attached hydrogen (secondary N) is 6. The number of carboxylic acid groups (broad SMARTS) is 4. The number of rotatable bonds is 24. The third-order valence-electron chi connectivity index (χ3n) is 11.8. The first-order chi connectivity index (χ1) is 33.2. The van der Waals surface area contributed by atoms with E-state index in [-0.39, 0.29) is 70.5 Å². The molecule has 27 heteroatoms. The van der Waals surface area contributed by atoms with Crippen LogP contribution in [0.1, 0.15) is 112 Å². The van der Waals surface area contributed by atoms with Crippen molar-refractivity contribution in [2.24, 2.45) is 11.7 Å². The summed E-state index contributed by atoms with van der Waals surface area (Å²) in [4.78, 5) is 166. The molecule has 12 N–H and O–H groups in total. The van der Waals surface area contributed by atoms with Crippen molar-refractivity contribution < 1.29 is 82.8 Å². The van der Waals surface area contributed by atoms with Crippen molar-refractivity contribution in [1.29, 1.82) is 0 Å². The Hall–Kier alpha value is -6.93. The number of likely N-dealkylation sites (tertiary alicyclic amines) is 3. The molecule has 0 unspecified atom stereocenters. The number of nitrogens with two attached hydrogens (primary N) is 1. The summed E-state index contributed by atoms with van der Waals surface area (Å²) in [5, 5.41) is 49.7. The molecule has 0 aromatic carbocycles. The van der Waals surface area contributed by atoms with Crippen LogP contribution in [0.3, 0.4) is 0 Å². The smallest absolute Gasteiger partial charge is 0.325 e. The normalized spacial score (nSPS) is 19.8. The number of amides is 9. The van der Waals surface area contributed by atoms with Gasteiger partial charge in [-0.2, -0.15) is 0 Å². The molecule has 3 rings (SSSR count). The molecule has 0 bridgehead atoms. The van der Waals surface area contributed by atoms with E-state index in [0.29, 0.717) is 19.3 Å². The summed E-state index contributed by atoms with van der Waals surface area (Å²) >= 11 is 0. The van der Waals surface area contributed by atoms with E-state index in [0.717, 1.165) is 6.92 Å². The maximum Gasteiger partial charge on any atom is 0.325 e. The average Bonchev–Trinajstić information content (AvgIpc) is 4.09. The van der Waals surface area contributed by atoms with Crippen LogP contribution in [0.5, 0.6) is 0 Å². The first kappa shape index (κ1) is 60.2. The lowest BCUT2D eigenvalue weighted by Gasteiger charge is -2.33. The van der Waals surface area contributed by atoms with Gasteiger partial charge in [-0.05, 0) is 84.5 Å².